The molecule has 114 valence electrons. The molecule has 1 aliphatic heterocycles. The molecule has 5 nitrogen and oxygen atoms in total. The molecule has 1 fully saturated rings. The summed E-state index contributed by atoms with van der Waals surface area (Å²) in [6.45, 7) is 8.26. The normalized spacial score (nSPS) is 20.5. The van der Waals surface area contributed by atoms with E-state index < -0.39 is 0 Å². The lowest BCUT2D eigenvalue weighted by Gasteiger charge is -2.37. The van der Waals surface area contributed by atoms with Gasteiger partial charge in [0.25, 0.3) is 0 Å². The van der Waals surface area contributed by atoms with Crippen molar-refractivity contribution in [2.75, 3.05) is 45.6 Å². The van der Waals surface area contributed by atoms with E-state index >= 15 is 0 Å². The molecule has 0 aliphatic carbocycles. The predicted molar refractivity (Wildman–Crippen MR) is 85.4 cm³/mol. The van der Waals surface area contributed by atoms with Crippen LogP contribution in [0.1, 0.15) is 31.0 Å². The second-order valence-electron chi connectivity index (χ2n) is 6.18. The number of piperazine rings is 1. The summed E-state index contributed by atoms with van der Waals surface area (Å²) in [5.74, 6) is 1.08. The Morgan fingerprint density at radius 2 is 2.14 bits per heavy atom. The maximum absolute atomic E-state index is 9.23. The van der Waals surface area contributed by atoms with Crippen molar-refractivity contribution < 1.29 is 0 Å². The molecule has 1 saturated heterocycles. The highest BCUT2D eigenvalue weighted by atomic mass is 15.3. The second-order valence-corrected chi connectivity index (χ2v) is 6.18. The number of anilines is 1. The molecule has 1 unspecified atom stereocenters. The Kier molecular flexibility index (Phi) is 5.16. The van der Waals surface area contributed by atoms with Gasteiger partial charge in [-0.2, -0.15) is 5.26 Å². The average Bonchev–Trinajstić information content (AvgIpc) is 2.47. The largest absolute Gasteiger partial charge is 0.367 e. The standard InChI is InChI=1S/C16H25N5/c1-12(2)15-6-5-13(9-17)16(19-15)18-10-14-11-20(3)7-8-21(14)4/h5-6,12,14H,7-8,10-11H2,1-4H3,(H,18,19). The Labute approximate surface area is 127 Å². The van der Waals surface area contributed by atoms with Crippen molar-refractivity contribution in [3.63, 3.8) is 0 Å². The zero-order chi connectivity index (χ0) is 15.4. The minimum Gasteiger partial charge on any atom is -0.367 e. The van der Waals surface area contributed by atoms with Crippen molar-refractivity contribution in [1.82, 2.24) is 14.8 Å². The van der Waals surface area contributed by atoms with Gasteiger partial charge in [-0.05, 0) is 32.1 Å². The molecule has 1 aliphatic rings. The molecular formula is C16H25N5. The van der Waals surface area contributed by atoms with Gasteiger partial charge in [0.05, 0.1) is 5.56 Å². The maximum Gasteiger partial charge on any atom is 0.144 e. The number of nitrogens with zero attached hydrogens (tertiary/aromatic N) is 4. The summed E-state index contributed by atoms with van der Waals surface area (Å²) in [5.41, 5.74) is 1.64. The van der Waals surface area contributed by atoms with Crippen LogP contribution in [0.3, 0.4) is 0 Å². The fraction of sp³-hybridized carbons (Fsp3) is 0.625. The van der Waals surface area contributed by atoms with Gasteiger partial charge in [0.1, 0.15) is 11.9 Å². The summed E-state index contributed by atoms with van der Waals surface area (Å²) in [5, 5.41) is 12.6. The highest BCUT2D eigenvalue weighted by Crippen LogP contribution is 2.18. The van der Waals surface area contributed by atoms with Gasteiger partial charge < -0.3 is 10.2 Å². The van der Waals surface area contributed by atoms with Crippen LogP contribution in [0.4, 0.5) is 5.82 Å². The van der Waals surface area contributed by atoms with Gasteiger partial charge >= 0.3 is 0 Å². The molecule has 1 atom stereocenters. The summed E-state index contributed by atoms with van der Waals surface area (Å²) < 4.78 is 0. The molecule has 0 saturated carbocycles. The molecule has 1 N–H and O–H groups in total. The lowest BCUT2D eigenvalue weighted by molar-refractivity contribution is 0.122. The van der Waals surface area contributed by atoms with Crippen LogP contribution in [-0.2, 0) is 0 Å². The second kappa shape index (κ2) is 6.88. The zero-order valence-corrected chi connectivity index (χ0v) is 13.4. The number of rotatable bonds is 4. The molecule has 0 aromatic carbocycles. The molecule has 0 bridgehead atoms. The number of hydrogen-bond donors (Lipinski definition) is 1. The fourth-order valence-corrected chi connectivity index (χ4v) is 2.56. The smallest absolute Gasteiger partial charge is 0.144 e. The predicted octanol–water partition coefficient (Wildman–Crippen LogP) is 1.73. The molecule has 0 spiro atoms. The number of nitriles is 1. The molecule has 21 heavy (non-hydrogen) atoms. The first kappa shape index (κ1) is 15.7. The van der Waals surface area contributed by atoms with Gasteiger partial charge in [-0.15, -0.1) is 0 Å². The van der Waals surface area contributed by atoms with Gasteiger partial charge in [0.15, 0.2) is 0 Å². The number of aromatic nitrogens is 1. The van der Waals surface area contributed by atoms with Crippen molar-refractivity contribution in [1.29, 1.82) is 5.26 Å². The SMILES string of the molecule is CC(C)c1ccc(C#N)c(NCC2CN(C)CCN2C)n1. The van der Waals surface area contributed by atoms with Crippen molar-refractivity contribution in [3.05, 3.63) is 23.4 Å². The monoisotopic (exact) mass is 287 g/mol. The Morgan fingerprint density at radius 1 is 1.38 bits per heavy atom. The van der Waals surface area contributed by atoms with Crippen molar-refractivity contribution >= 4 is 5.82 Å². The minimum absolute atomic E-state index is 0.363. The third kappa shape index (κ3) is 3.93. The first-order valence-electron chi connectivity index (χ1n) is 7.55. The van der Waals surface area contributed by atoms with Gasteiger partial charge in [-0.1, -0.05) is 13.8 Å². The van der Waals surface area contributed by atoms with Crippen molar-refractivity contribution in [2.45, 2.75) is 25.8 Å². The lowest BCUT2D eigenvalue weighted by atomic mass is 10.1. The van der Waals surface area contributed by atoms with Gasteiger partial charge in [0.2, 0.25) is 0 Å². The summed E-state index contributed by atoms with van der Waals surface area (Å²) in [6.07, 6.45) is 0. The Balaban J connectivity index is 2.08. The first-order chi connectivity index (χ1) is 10.0. The van der Waals surface area contributed by atoms with Crippen molar-refractivity contribution in [3.8, 4) is 6.07 Å². The first-order valence-corrected chi connectivity index (χ1v) is 7.55. The topological polar surface area (TPSA) is 55.2 Å². The van der Waals surface area contributed by atoms with E-state index in [9.17, 15) is 5.26 Å². The molecule has 0 radical (unpaired) electrons. The molecule has 2 heterocycles. The average molecular weight is 287 g/mol. The van der Waals surface area contributed by atoms with Crippen LogP contribution < -0.4 is 5.32 Å². The molecule has 5 heteroatoms. The van der Waals surface area contributed by atoms with E-state index in [4.69, 9.17) is 0 Å². The number of hydrogen-bond acceptors (Lipinski definition) is 5. The van der Waals surface area contributed by atoms with Crippen LogP contribution in [0.5, 0.6) is 0 Å². The summed E-state index contributed by atoms with van der Waals surface area (Å²) in [6, 6.07) is 6.47. The molecular weight excluding hydrogens is 262 g/mol. The molecule has 0 amide bonds. The van der Waals surface area contributed by atoms with Gasteiger partial charge in [0, 0.05) is 37.9 Å². The van der Waals surface area contributed by atoms with E-state index in [1.165, 1.54) is 0 Å². The van der Waals surface area contributed by atoms with Gasteiger partial charge in [-0.3, -0.25) is 4.90 Å². The van der Waals surface area contributed by atoms with Crippen LogP contribution in [0.2, 0.25) is 0 Å². The minimum atomic E-state index is 0.363. The van der Waals surface area contributed by atoms with Gasteiger partial charge in [-0.25, -0.2) is 4.98 Å². The Hall–Kier alpha value is -1.64. The summed E-state index contributed by atoms with van der Waals surface area (Å²) in [7, 11) is 4.31. The maximum atomic E-state index is 9.23. The van der Waals surface area contributed by atoms with Crippen LogP contribution in [0.25, 0.3) is 0 Å². The van der Waals surface area contributed by atoms with E-state index in [2.05, 4.69) is 54.1 Å². The van der Waals surface area contributed by atoms with E-state index in [1.807, 2.05) is 12.1 Å². The third-order valence-corrected chi connectivity index (χ3v) is 4.11. The van der Waals surface area contributed by atoms with E-state index in [0.29, 0.717) is 23.3 Å². The molecule has 1 aromatic rings. The highest BCUT2D eigenvalue weighted by molar-refractivity contribution is 5.52. The van der Waals surface area contributed by atoms with Crippen molar-refractivity contribution in [2.24, 2.45) is 0 Å². The fourth-order valence-electron chi connectivity index (χ4n) is 2.56. The highest BCUT2D eigenvalue weighted by Gasteiger charge is 2.22. The van der Waals surface area contributed by atoms with E-state index in [0.717, 1.165) is 31.9 Å². The summed E-state index contributed by atoms with van der Waals surface area (Å²) >= 11 is 0. The van der Waals surface area contributed by atoms with Crippen LogP contribution in [0, 0.1) is 11.3 Å². The summed E-state index contributed by atoms with van der Waals surface area (Å²) in [4.78, 5) is 9.31. The van der Waals surface area contributed by atoms with E-state index in [1.54, 1.807) is 0 Å². The number of likely N-dealkylation sites (N-methyl/N-ethyl adjacent to an activating group) is 2. The number of nitrogens with one attached hydrogen (secondary N) is 1. The van der Waals surface area contributed by atoms with Crippen LogP contribution in [0.15, 0.2) is 12.1 Å². The third-order valence-electron chi connectivity index (χ3n) is 4.11. The van der Waals surface area contributed by atoms with Crippen LogP contribution in [-0.4, -0.2) is 61.1 Å². The number of pyridine rings is 1. The Bertz CT molecular complexity index is 520. The zero-order valence-electron chi connectivity index (χ0n) is 13.4. The molecule has 2 rings (SSSR count). The quantitative estimate of drug-likeness (QED) is 0.914. The van der Waals surface area contributed by atoms with E-state index in [-0.39, 0.29) is 0 Å². The Morgan fingerprint density at radius 3 is 2.81 bits per heavy atom. The lowest BCUT2D eigenvalue weighted by Crippen LogP contribution is -2.52. The molecule has 1 aromatic heterocycles. The van der Waals surface area contributed by atoms with Crippen LogP contribution >= 0.6 is 0 Å².